The molecule has 1 aliphatic rings. The predicted molar refractivity (Wildman–Crippen MR) is 68.3 cm³/mol. The van der Waals surface area contributed by atoms with Crippen LogP contribution in [0.3, 0.4) is 0 Å². The molecule has 1 nitrogen and oxygen atoms in total. The number of benzene rings is 1. The average Bonchev–Trinajstić information content (AvgIpc) is 2.13. The highest BCUT2D eigenvalue weighted by atomic mass is 127. The van der Waals surface area contributed by atoms with Gasteiger partial charge in [-0.15, -0.1) is 0 Å². The Morgan fingerprint density at radius 2 is 1.93 bits per heavy atom. The molecule has 1 unspecified atom stereocenters. The molecule has 2 heteroatoms. The van der Waals surface area contributed by atoms with Gasteiger partial charge < -0.3 is 5.32 Å². The molecular formula is C12H16IN. The van der Waals surface area contributed by atoms with Crippen LogP contribution in [0.25, 0.3) is 0 Å². The summed E-state index contributed by atoms with van der Waals surface area (Å²) >= 11 is 2.35. The minimum atomic E-state index is 0.570. The summed E-state index contributed by atoms with van der Waals surface area (Å²) in [5.74, 6) is 0.861. The minimum Gasteiger partial charge on any atom is -0.313 e. The van der Waals surface area contributed by atoms with Gasteiger partial charge >= 0.3 is 0 Å². The third kappa shape index (κ3) is 2.11. The predicted octanol–water partition coefficient (Wildman–Crippen LogP) is 3.35. The Hall–Kier alpha value is -0.0900. The fourth-order valence-electron chi connectivity index (χ4n) is 2.12. The van der Waals surface area contributed by atoms with Crippen molar-refractivity contribution in [2.45, 2.75) is 25.3 Å². The molecule has 2 rings (SSSR count). The first kappa shape index (κ1) is 10.4. The lowest BCUT2D eigenvalue weighted by molar-refractivity contribution is 0.239. The lowest BCUT2D eigenvalue weighted by Gasteiger charge is -2.33. The molecule has 1 aliphatic carbocycles. The van der Waals surface area contributed by atoms with Crippen LogP contribution in [0.15, 0.2) is 24.3 Å². The molecule has 0 aromatic heterocycles. The minimum absolute atomic E-state index is 0.570. The van der Waals surface area contributed by atoms with E-state index in [1.54, 1.807) is 0 Å². The Balaban J connectivity index is 2.14. The van der Waals surface area contributed by atoms with Gasteiger partial charge in [0, 0.05) is 9.61 Å². The zero-order chi connectivity index (χ0) is 9.97. The first-order valence-electron chi connectivity index (χ1n) is 5.24. The monoisotopic (exact) mass is 301 g/mol. The molecule has 1 fully saturated rings. The Labute approximate surface area is 99.4 Å². The third-order valence-electron chi connectivity index (χ3n) is 3.16. The summed E-state index contributed by atoms with van der Waals surface area (Å²) in [6.07, 6.45) is 4.18. The van der Waals surface area contributed by atoms with E-state index in [0.717, 1.165) is 5.92 Å². The van der Waals surface area contributed by atoms with Gasteiger partial charge in [0.15, 0.2) is 0 Å². The SMILES string of the molecule is CNC(c1ccc(I)cc1)C1CCC1. The maximum atomic E-state index is 3.44. The molecular weight excluding hydrogens is 285 g/mol. The van der Waals surface area contributed by atoms with Crippen molar-refractivity contribution in [2.24, 2.45) is 5.92 Å². The van der Waals surface area contributed by atoms with Crippen LogP contribution in [-0.4, -0.2) is 7.05 Å². The molecule has 1 saturated carbocycles. The van der Waals surface area contributed by atoms with Gasteiger partial charge in [-0.25, -0.2) is 0 Å². The van der Waals surface area contributed by atoms with Crippen LogP contribution in [0.4, 0.5) is 0 Å². The molecule has 0 bridgehead atoms. The van der Waals surface area contributed by atoms with Gasteiger partial charge in [0.1, 0.15) is 0 Å². The fraction of sp³-hybridized carbons (Fsp3) is 0.500. The van der Waals surface area contributed by atoms with Crippen molar-refractivity contribution in [3.8, 4) is 0 Å². The van der Waals surface area contributed by atoms with Gasteiger partial charge in [0.25, 0.3) is 0 Å². The molecule has 0 radical (unpaired) electrons. The maximum absolute atomic E-state index is 3.44. The van der Waals surface area contributed by atoms with Crippen molar-refractivity contribution in [3.05, 3.63) is 33.4 Å². The number of hydrogen-bond acceptors (Lipinski definition) is 1. The van der Waals surface area contributed by atoms with Crippen molar-refractivity contribution in [1.82, 2.24) is 5.32 Å². The van der Waals surface area contributed by atoms with Crippen LogP contribution in [0.5, 0.6) is 0 Å². The van der Waals surface area contributed by atoms with Gasteiger partial charge in [-0.3, -0.25) is 0 Å². The van der Waals surface area contributed by atoms with Crippen LogP contribution >= 0.6 is 22.6 Å². The Bertz CT molecular complexity index is 290. The van der Waals surface area contributed by atoms with Gasteiger partial charge in [-0.05, 0) is 66.1 Å². The van der Waals surface area contributed by atoms with E-state index in [1.165, 1.54) is 28.4 Å². The quantitative estimate of drug-likeness (QED) is 0.844. The Morgan fingerprint density at radius 1 is 1.29 bits per heavy atom. The highest BCUT2D eigenvalue weighted by molar-refractivity contribution is 14.1. The number of nitrogens with one attached hydrogen (secondary N) is 1. The summed E-state index contributed by atoms with van der Waals surface area (Å²) < 4.78 is 1.31. The summed E-state index contributed by atoms with van der Waals surface area (Å²) in [6.45, 7) is 0. The van der Waals surface area contributed by atoms with E-state index >= 15 is 0 Å². The van der Waals surface area contributed by atoms with E-state index in [2.05, 4.69) is 59.2 Å². The Kier molecular flexibility index (Phi) is 3.44. The standard InChI is InChI=1S/C12H16IN/c1-14-12(9-3-2-4-9)10-5-7-11(13)8-6-10/h5-9,12,14H,2-4H2,1H3. The normalized spacial score (nSPS) is 19.0. The van der Waals surface area contributed by atoms with Crippen LogP contribution in [0.1, 0.15) is 30.9 Å². The van der Waals surface area contributed by atoms with E-state index < -0.39 is 0 Å². The van der Waals surface area contributed by atoms with Crippen molar-refractivity contribution in [1.29, 1.82) is 0 Å². The van der Waals surface area contributed by atoms with Gasteiger partial charge in [-0.1, -0.05) is 18.6 Å². The molecule has 0 saturated heterocycles. The smallest absolute Gasteiger partial charge is 0.0346 e. The molecule has 0 heterocycles. The first-order chi connectivity index (χ1) is 6.81. The van der Waals surface area contributed by atoms with Crippen molar-refractivity contribution in [3.63, 3.8) is 0 Å². The third-order valence-corrected chi connectivity index (χ3v) is 3.88. The van der Waals surface area contributed by atoms with Crippen molar-refractivity contribution in [2.75, 3.05) is 7.05 Å². The lowest BCUT2D eigenvalue weighted by atomic mass is 9.77. The summed E-state index contributed by atoms with van der Waals surface area (Å²) in [5.41, 5.74) is 1.44. The largest absolute Gasteiger partial charge is 0.313 e. The van der Waals surface area contributed by atoms with E-state index in [4.69, 9.17) is 0 Å². The van der Waals surface area contributed by atoms with Gasteiger partial charge in [0.05, 0.1) is 0 Å². The number of halogens is 1. The zero-order valence-corrected chi connectivity index (χ0v) is 10.6. The Morgan fingerprint density at radius 3 is 2.36 bits per heavy atom. The van der Waals surface area contributed by atoms with Crippen molar-refractivity contribution >= 4 is 22.6 Å². The second kappa shape index (κ2) is 4.62. The maximum Gasteiger partial charge on any atom is 0.0346 e. The number of hydrogen-bond donors (Lipinski definition) is 1. The van der Waals surface area contributed by atoms with E-state index in [-0.39, 0.29) is 0 Å². The van der Waals surface area contributed by atoms with Crippen molar-refractivity contribution < 1.29 is 0 Å². The summed E-state index contributed by atoms with van der Waals surface area (Å²) in [6, 6.07) is 9.46. The van der Waals surface area contributed by atoms with E-state index in [9.17, 15) is 0 Å². The second-order valence-electron chi connectivity index (χ2n) is 4.01. The molecule has 0 amide bonds. The molecule has 1 aromatic carbocycles. The van der Waals surface area contributed by atoms with Crippen LogP contribution < -0.4 is 5.32 Å². The average molecular weight is 301 g/mol. The van der Waals surface area contributed by atoms with Crippen LogP contribution in [0, 0.1) is 9.49 Å². The highest BCUT2D eigenvalue weighted by Gasteiger charge is 2.26. The molecule has 14 heavy (non-hydrogen) atoms. The lowest BCUT2D eigenvalue weighted by Crippen LogP contribution is -2.29. The molecule has 0 aliphatic heterocycles. The molecule has 1 atom stereocenters. The van der Waals surface area contributed by atoms with E-state index in [0.29, 0.717) is 6.04 Å². The topological polar surface area (TPSA) is 12.0 Å². The van der Waals surface area contributed by atoms with Crippen LogP contribution in [-0.2, 0) is 0 Å². The fourth-order valence-corrected chi connectivity index (χ4v) is 2.48. The molecule has 76 valence electrons. The summed E-state index contributed by atoms with van der Waals surface area (Å²) in [4.78, 5) is 0. The van der Waals surface area contributed by atoms with E-state index in [1.807, 2.05) is 0 Å². The summed E-state index contributed by atoms with van der Waals surface area (Å²) in [7, 11) is 2.07. The first-order valence-corrected chi connectivity index (χ1v) is 6.32. The highest BCUT2D eigenvalue weighted by Crippen LogP contribution is 2.37. The van der Waals surface area contributed by atoms with Crippen LogP contribution in [0.2, 0.25) is 0 Å². The summed E-state index contributed by atoms with van der Waals surface area (Å²) in [5, 5.41) is 3.44. The van der Waals surface area contributed by atoms with Gasteiger partial charge in [-0.2, -0.15) is 0 Å². The second-order valence-corrected chi connectivity index (χ2v) is 5.25. The zero-order valence-electron chi connectivity index (χ0n) is 8.46. The van der Waals surface area contributed by atoms with Gasteiger partial charge in [0.2, 0.25) is 0 Å². The number of rotatable bonds is 3. The molecule has 1 aromatic rings. The molecule has 0 spiro atoms. The molecule has 1 N–H and O–H groups in total.